The number of rotatable bonds is 6. The summed E-state index contributed by atoms with van der Waals surface area (Å²) >= 11 is 0. The third-order valence-electron chi connectivity index (χ3n) is 4.35. The topological polar surface area (TPSA) is 15.3 Å². The Morgan fingerprint density at radius 2 is 2.05 bits per heavy atom. The van der Waals surface area contributed by atoms with Crippen molar-refractivity contribution in [3.05, 3.63) is 29.8 Å². The molecule has 1 N–H and O–H groups in total. The van der Waals surface area contributed by atoms with Crippen LogP contribution in [0.2, 0.25) is 0 Å². The minimum Gasteiger partial charge on any atom is -0.373 e. The zero-order valence-corrected chi connectivity index (χ0v) is 12.7. The number of hydrogen-bond donors (Lipinski definition) is 1. The van der Waals surface area contributed by atoms with Gasteiger partial charge in [-0.1, -0.05) is 31.9 Å². The largest absolute Gasteiger partial charge is 0.373 e. The third kappa shape index (κ3) is 3.97. The van der Waals surface area contributed by atoms with Crippen molar-refractivity contribution >= 4 is 5.69 Å². The van der Waals surface area contributed by atoms with Gasteiger partial charge in [0.05, 0.1) is 0 Å². The molecule has 0 bridgehead atoms. The van der Waals surface area contributed by atoms with Crippen LogP contribution in [0.15, 0.2) is 24.3 Å². The fourth-order valence-electron chi connectivity index (χ4n) is 3.27. The first-order valence-electron chi connectivity index (χ1n) is 7.72. The highest BCUT2D eigenvalue weighted by atomic mass is 15.1. The van der Waals surface area contributed by atoms with Crippen molar-refractivity contribution in [1.29, 1.82) is 0 Å². The molecule has 106 valence electrons. The molecule has 0 aromatic heterocycles. The first kappa shape index (κ1) is 14.4. The Balaban J connectivity index is 1.99. The number of nitrogens with one attached hydrogen (secondary N) is 1. The lowest BCUT2D eigenvalue weighted by Crippen LogP contribution is -2.44. The highest BCUT2D eigenvalue weighted by Crippen LogP contribution is 2.28. The van der Waals surface area contributed by atoms with Crippen molar-refractivity contribution in [3.8, 4) is 0 Å². The van der Waals surface area contributed by atoms with Gasteiger partial charge in [-0.15, -0.1) is 0 Å². The summed E-state index contributed by atoms with van der Waals surface area (Å²) < 4.78 is 0. The average molecular weight is 260 g/mol. The third-order valence-corrected chi connectivity index (χ3v) is 4.35. The lowest BCUT2D eigenvalue weighted by atomic mass is 9.97. The molecule has 1 aliphatic rings. The predicted molar refractivity (Wildman–Crippen MR) is 83.9 cm³/mol. The average Bonchev–Trinajstić information content (AvgIpc) is 2.92. The van der Waals surface area contributed by atoms with Gasteiger partial charge in [-0.3, -0.25) is 0 Å². The summed E-state index contributed by atoms with van der Waals surface area (Å²) in [6.07, 6.45) is 5.64. The fraction of sp³-hybridized carbons (Fsp3) is 0.647. The molecule has 1 saturated carbocycles. The van der Waals surface area contributed by atoms with E-state index in [9.17, 15) is 0 Å². The molecule has 19 heavy (non-hydrogen) atoms. The Hall–Kier alpha value is -1.02. The van der Waals surface area contributed by atoms with Gasteiger partial charge in [-0.05, 0) is 49.9 Å². The van der Waals surface area contributed by atoms with E-state index in [0.717, 1.165) is 19.0 Å². The molecule has 0 radical (unpaired) electrons. The van der Waals surface area contributed by atoms with Crippen molar-refractivity contribution < 1.29 is 0 Å². The quantitative estimate of drug-likeness (QED) is 0.840. The van der Waals surface area contributed by atoms with Crippen LogP contribution in [0.25, 0.3) is 0 Å². The van der Waals surface area contributed by atoms with Gasteiger partial charge in [0.2, 0.25) is 0 Å². The Bertz CT molecular complexity index is 383. The van der Waals surface area contributed by atoms with Crippen molar-refractivity contribution in [3.63, 3.8) is 0 Å². The number of nitrogens with zero attached hydrogens (tertiary/aromatic N) is 1. The molecule has 1 aromatic carbocycles. The molecule has 2 rings (SSSR count). The maximum Gasteiger partial charge on any atom is 0.0366 e. The minimum atomic E-state index is 0.637. The van der Waals surface area contributed by atoms with Gasteiger partial charge in [0.25, 0.3) is 0 Å². The van der Waals surface area contributed by atoms with E-state index in [1.807, 2.05) is 0 Å². The molecular formula is C17H28N2. The van der Waals surface area contributed by atoms with E-state index in [1.54, 1.807) is 0 Å². The summed E-state index contributed by atoms with van der Waals surface area (Å²) in [4.78, 5) is 2.40. The Kier molecular flexibility index (Phi) is 5.26. The number of likely N-dealkylation sites (N-methyl/N-ethyl adjacent to an activating group) is 2. The van der Waals surface area contributed by atoms with Gasteiger partial charge in [0.15, 0.2) is 0 Å². The SMILES string of the molecule is CCNC(CN(C)c1cccc(C)c1)C1CCCC1. The van der Waals surface area contributed by atoms with E-state index in [1.165, 1.54) is 36.9 Å². The van der Waals surface area contributed by atoms with Crippen molar-refractivity contribution in [1.82, 2.24) is 5.32 Å². The summed E-state index contributed by atoms with van der Waals surface area (Å²) in [6.45, 7) is 6.56. The smallest absolute Gasteiger partial charge is 0.0366 e. The van der Waals surface area contributed by atoms with Crippen LogP contribution in [-0.2, 0) is 0 Å². The molecule has 0 saturated heterocycles. The summed E-state index contributed by atoms with van der Waals surface area (Å²) in [7, 11) is 2.22. The van der Waals surface area contributed by atoms with Gasteiger partial charge in [0, 0.05) is 25.3 Å². The molecule has 0 spiro atoms. The summed E-state index contributed by atoms with van der Waals surface area (Å²) in [5.74, 6) is 0.868. The molecule has 0 aliphatic heterocycles. The predicted octanol–water partition coefficient (Wildman–Crippen LogP) is 3.60. The van der Waals surface area contributed by atoms with Gasteiger partial charge < -0.3 is 10.2 Å². The second kappa shape index (κ2) is 6.95. The van der Waals surface area contributed by atoms with Crippen LogP contribution in [-0.4, -0.2) is 26.2 Å². The van der Waals surface area contributed by atoms with E-state index in [2.05, 4.69) is 55.4 Å². The highest BCUT2D eigenvalue weighted by molar-refractivity contribution is 5.47. The van der Waals surface area contributed by atoms with E-state index in [-0.39, 0.29) is 0 Å². The lowest BCUT2D eigenvalue weighted by Gasteiger charge is -2.30. The minimum absolute atomic E-state index is 0.637. The highest BCUT2D eigenvalue weighted by Gasteiger charge is 2.25. The van der Waals surface area contributed by atoms with Crippen LogP contribution in [0.5, 0.6) is 0 Å². The summed E-state index contributed by atoms with van der Waals surface area (Å²) in [5.41, 5.74) is 2.67. The molecular weight excluding hydrogens is 232 g/mol. The Labute approximate surface area is 118 Å². The van der Waals surface area contributed by atoms with Gasteiger partial charge in [-0.25, -0.2) is 0 Å². The molecule has 2 heteroatoms. The van der Waals surface area contributed by atoms with Crippen molar-refractivity contribution in [2.24, 2.45) is 5.92 Å². The normalized spacial score (nSPS) is 17.6. The van der Waals surface area contributed by atoms with E-state index in [4.69, 9.17) is 0 Å². The molecule has 1 aromatic rings. The lowest BCUT2D eigenvalue weighted by molar-refractivity contribution is 0.367. The van der Waals surface area contributed by atoms with Crippen molar-refractivity contribution in [2.45, 2.75) is 45.6 Å². The summed E-state index contributed by atoms with van der Waals surface area (Å²) in [5, 5.41) is 3.70. The van der Waals surface area contributed by atoms with Crippen LogP contribution in [0.4, 0.5) is 5.69 Å². The first-order valence-corrected chi connectivity index (χ1v) is 7.72. The maximum atomic E-state index is 3.70. The standard InChI is InChI=1S/C17H28N2/c1-4-18-17(15-9-5-6-10-15)13-19(3)16-11-7-8-14(2)12-16/h7-8,11-12,15,17-18H,4-6,9-10,13H2,1-3H3. The summed E-state index contributed by atoms with van der Waals surface area (Å²) in [6, 6.07) is 9.44. The van der Waals surface area contributed by atoms with Gasteiger partial charge in [0.1, 0.15) is 0 Å². The van der Waals surface area contributed by atoms with Crippen LogP contribution >= 0.6 is 0 Å². The molecule has 0 amide bonds. The number of aryl methyl sites for hydroxylation is 1. The Morgan fingerprint density at radius 3 is 2.68 bits per heavy atom. The number of anilines is 1. The van der Waals surface area contributed by atoms with Crippen molar-refractivity contribution in [2.75, 3.05) is 25.0 Å². The molecule has 2 nitrogen and oxygen atoms in total. The fourth-order valence-corrected chi connectivity index (χ4v) is 3.27. The van der Waals surface area contributed by atoms with Crippen LogP contribution < -0.4 is 10.2 Å². The molecule has 1 aliphatic carbocycles. The second-order valence-electron chi connectivity index (χ2n) is 5.93. The monoisotopic (exact) mass is 260 g/mol. The van der Waals surface area contributed by atoms with Crippen LogP contribution in [0, 0.1) is 12.8 Å². The molecule has 1 unspecified atom stereocenters. The van der Waals surface area contributed by atoms with Crippen LogP contribution in [0.1, 0.15) is 38.2 Å². The zero-order chi connectivity index (χ0) is 13.7. The zero-order valence-electron chi connectivity index (χ0n) is 12.7. The maximum absolute atomic E-state index is 3.70. The molecule has 1 atom stereocenters. The van der Waals surface area contributed by atoms with Gasteiger partial charge in [-0.2, -0.15) is 0 Å². The number of benzene rings is 1. The Morgan fingerprint density at radius 1 is 1.32 bits per heavy atom. The van der Waals surface area contributed by atoms with E-state index >= 15 is 0 Å². The number of hydrogen-bond acceptors (Lipinski definition) is 2. The van der Waals surface area contributed by atoms with E-state index in [0.29, 0.717) is 6.04 Å². The van der Waals surface area contributed by atoms with Gasteiger partial charge >= 0.3 is 0 Å². The molecule has 1 fully saturated rings. The van der Waals surface area contributed by atoms with Crippen LogP contribution in [0.3, 0.4) is 0 Å². The first-order chi connectivity index (χ1) is 9.20. The molecule has 0 heterocycles. The second-order valence-corrected chi connectivity index (χ2v) is 5.93. The van der Waals surface area contributed by atoms with E-state index < -0.39 is 0 Å².